The van der Waals surface area contributed by atoms with Gasteiger partial charge in [0.25, 0.3) is 0 Å². The molecule has 0 fully saturated rings. The molecule has 1 heterocycles. The molecule has 0 radical (unpaired) electrons. The van der Waals surface area contributed by atoms with Crippen LogP contribution in [0, 0.1) is 13.8 Å². The minimum atomic E-state index is -1.16. The second-order valence-corrected chi connectivity index (χ2v) is 6.22. The average molecular weight is 359 g/mol. The number of aromatic carboxylic acids is 1. The smallest absolute Gasteiger partial charge is 0.337 e. The van der Waals surface area contributed by atoms with Gasteiger partial charge in [0.1, 0.15) is 5.69 Å². The summed E-state index contributed by atoms with van der Waals surface area (Å²) in [5.41, 5.74) is 3.49. The minimum Gasteiger partial charge on any atom is -0.478 e. The molecule has 6 nitrogen and oxygen atoms in total. The van der Waals surface area contributed by atoms with Crippen LogP contribution < -0.4 is 5.32 Å². The Bertz CT molecular complexity index is 994. The van der Waals surface area contributed by atoms with E-state index in [9.17, 15) is 9.59 Å². The number of carboxylic acid groups (broad SMARTS) is 1. The van der Waals surface area contributed by atoms with Gasteiger partial charge in [-0.15, -0.1) is 0 Å². The quantitative estimate of drug-likeness (QED) is 0.736. The van der Waals surface area contributed by atoms with Gasteiger partial charge in [-0.3, -0.25) is 4.79 Å². The molecule has 0 spiro atoms. The monoisotopic (exact) mass is 358 g/mol. The van der Waals surface area contributed by atoms with Crippen molar-refractivity contribution in [2.45, 2.75) is 20.3 Å². The van der Waals surface area contributed by atoms with E-state index >= 15 is 0 Å². The number of rotatable bonds is 4. The number of hydrogen-bond acceptors (Lipinski definition) is 4. The van der Waals surface area contributed by atoms with Gasteiger partial charge in [-0.2, -0.15) is 0 Å². The Morgan fingerprint density at radius 2 is 2.00 bits per heavy atom. The first-order valence-corrected chi connectivity index (χ1v) is 7.91. The molecule has 0 unspecified atom stereocenters. The Morgan fingerprint density at radius 1 is 1.24 bits per heavy atom. The molecule has 3 aromatic rings. The number of halogens is 1. The molecule has 2 aromatic carbocycles. The minimum absolute atomic E-state index is 0.0148. The SMILES string of the molecule is Cc1cc(C)c2onc(CC(=O)Nc3ccc(Cl)c(C(=O)O)c3)c2c1. The van der Waals surface area contributed by atoms with E-state index in [1.54, 1.807) is 6.07 Å². The van der Waals surface area contributed by atoms with Crippen molar-refractivity contribution in [3.63, 3.8) is 0 Å². The summed E-state index contributed by atoms with van der Waals surface area (Å²) in [6.07, 6.45) is 0.0148. The van der Waals surface area contributed by atoms with Crippen molar-refractivity contribution in [3.05, 3.63) is 57.7 Å². The number of carbonyl (C=O) groups excluding carboxylic acids is 1. The summed E-state index contributed by atoms with van der Waals surface area (Å²) in [6, 6.07) is 8.20. The van der Waals surface area contributed by atoms with Crippen LogP contribution in [0.25, 0.3) is 11.0 Å². The lowest BCUT2D eigenvalue weighted by Gasteiger charge is -2.06. The number of fused-ring (bicyclic) bond motifs is 1. The second-order valence-electron chi connectivity index (χ2n) is 5.81. The molecule has 0 aliphatic rings. The van der Waals surface area contributed by atoms with E-state index in [2.05, 4.69) is 10.5 Å². The van der Waals surface area contributed by atoms with E-state index in [1.807, 2.05) is 26.0 Å². The fourth-order valence-electron chi connectivity index (χ4n) is 2.69. The largest absolute Gasteiger partial charge is 0.478 e. The molecule has 0 aliphatic carbocycles. The van der Waals surface area contributed by atoms with Crippen molar-refractivity contribution < 1.29 is 19.2 Å². The van der Waals surface area contributed by atoms with Crippen LogP contribution in [0.5, 0.6) is 0 Å². The van der Waals surface area contributed by atoms with Gasteiger partial charge < -0.3 is 14.9 Å². The number of carboxylic acids is 1. The molecule has 0 saturated carbocycles. The van der Waals surface area contributed by atoms with Gasteiger partial charge in [0.2, 0.25) is 5.91 Å². The van der Waals surface area contributed by atoms with Crippen molar-refractivity contribution in [1.29, 1.82) is 0 Å². The maximum atomic E-state index is 12.3. The number of nitrogens with one attached hydrogen (secondary N) is 1. The van der Waals surface area contributed by atoms with Gasteiger partial charge in [0, 0.05) is 11.1 Å². The van der Waals surface area contributed by atoms with Crippen molar-refractivity contribution in [3.8, 4) is 0 Å². The molecule has 128 valence electrons. The molecule has 0 atom stereocenters. The number of hydrogen-bond donors (Lipinski definition) is 2. The van der Waals surface area contributed by atoms with Gasteiger partial charge in [0.05, 0.1) is 17.0 Å². The highest BCUT2D eigenvalue weighted by atomic mass is 35.5. The summed E-state index contributed by atoms with van der Waals surface area (Å²) in [7, 11) is 0. The number of carbonyl (C=O) groups is 2. The lowest BCUT2D eigenvalue weighted by atomic mass is 10.1. The Hall–Kier alpha value is -2.86. The third-order valence-electron chi connectivity index (χ3n) is 3.79. The predicted octanol–water partition coefficient (Wildman–Crippen LogP) is 3.98. The third kappa shape index (κ3) is 3.49. The van der Waals surface area contributed by atoms with E-state index in [0.717, 1.165) is 16.5 Å². The molecular weight excluding hydrogens is 344 g/mol. The normalized spacial score (nSPS) is 10.8. The van der Waals surface area contributed by atoms with Crippen molar-refractivity contribution in [2.75, 3.05) is 5.32 Å². The van der Waals surface area contributed by atoms with Crippen LogP contribution in [-0.4, -0.2) is 22.1 Å². The lowest BCUT2D eigenvalue weighted by molar-refractivity contribution is -0.115. The van der Waals surface area contributed by atoms with Crippen molar-refractivity contribution in [2.24, 2.45) is 0 Å². The summed E-state index contributed by atoms with van der Waals surface area (Å²) >= 11 is 5.82. The molecule has 7 heteroatoms. The lowest BCUT2D eigenvalue weighted by Crippen LogP contribution is -2.15. The van der Waals surface area contributed by atoms with Gasteiger partial charge >= 0.3 is 5.97 Å². The Kier molecular flexibility index (Phi) is 4.46. The maximum Gasteiger partial charge on any atom is 0.337 e. The molecule has 1 aromatic heterocycles. The zero-order valence-electron chi connectivity index (χ0n) is 13.6. The van der Waals surface area contributed by atoms with Crippen LogP contribution in [0.3, 0.4) is 0 Å². The zero-order valence-corrected chi connectivity index (χ0v) is 14.3. The van der Waals surface area contributed by atoms with E-state index in [4.69, 9.17) is 21.2 Å². The van der Waals surface area contributed by atoms with Crippen LogP contribution in [0.15, 0.2) is 34.9 Å². The van der Waals surface area contributed by atoms with E-state index < -0.39 is 5.97 Å². The van der Waals surface area contributed by atoms with Crippen LogP contribution in [0.4, 0.5) is 5.69 Å². The highest BCUT2D eigenvalue weighted by Crippen LogP contribution is 2.25. The summed E-state index contributed by atoms with van der Waals surface area (Å²) in [6.45, 7) is 3.88. The van der Waals surface area contributed by atoms with Gasteiger partial charge in [-0.25, -0.2) is 4.79 Å². The Morgan fingerprint density at radius 3 is 2.72 bits per heavy atom. The van der Waals surface area contributed by atoms with Crippen molar-refractivity contribution >= 4 is 40.1 Å². The second kappa shape index (κ2) is 6.57. The van der Waals surface area contributed by atoms with Gasteiger partial charge in [0.15, 0.2) is 5.58 Å². The van der Waals surface area contributed by atoms with Gasteiger partial charge in [-0.1, -0.05) is 22.8 Å². The molecule has 0 bridgehead atoms. The summed E-state index contributed by atoms with van der Waals surface area (Å²) in [5, 5.41) is 16.6. The fraction of sp³-hybridized carbons (Fsp3) is 0.167. The summed E-state index contributed by atoms with van der Waals surface area (Å²) in [5.74, 6) is -1.48. The number of benzene rings is 2. The molecular formula is C18H15ClN2O4. The predicted molar refractivity (Wildman–Crippen MR) is 94.2 cm³/mol. The highest BCUT2D eigenvalue weighted by molar-refractivity contribution is 6.33. The molecule has 0 saturated heterocycles. The van der Waals surface area contributed by atoms with Crippen LogP contribution >= 0.6 is 11.6 Å². The van der Waals surface area contributed by atoms with Crippen LogP contribution in [-0.2, 0) is 11.2 Å². The molecule has 0 aliphatic heterocycles. The van der Waals surface area contributed by atoms with Crippen LogP contribution in [0.2, 0.25) is 5.02 Å². The standard InChI is InChI=1S/C18H15ClN2O4/c1-9-5-10(2)17-13(6-9)15(21-25-17)8-16(22)20-11-3-4-14(19)12(7-11)18(23)24/h3-7H,8H2,1-2H3,(H,20,22)(H,23,24). The average Bonchev–Trinajstić information content (AvgIpc) is 2.92. The van der Waals surface area contributed by atoms with Gasteiger partial charge in [-0.05, 0) is 49.2 Å². The number of nitrogens with zero attached hydrogens (tertiary/aromatic N) is 1. The number of anilines is 1. The molecule has 2 N–H and O–H groups in total. The van der Waals surface area contributed by atoms with Crippen molar-refractivity contribution in [1.82, 2.24) is 5.16 Å². The topological polar surface area (TPSA) is 92.4 Å². The molecule has 25 heavy (non-hydrogen) atoms. The first kappa shape index (κ1) is 17.0. The number of aromatic nitrogens is 1. The zero-order chi connectivity index (χ0) is 18.1. The first-order valence-electron chi connectivity index (χ1n) is 7.53. The Balaban J connectivity index is 1.82. The van der Waals surface area contributed by atoms with E-state index in [1.165, 1.54) is 12.1 Å². The Labute approximate surface area is 148 Å². The number of aryl methyl sites for hydroxylation is 2. The number of amides is 1. The van der Waals surface area contributed by atoms with E-state index in [-0.39, 0.29) is 22.9 Å². The first-order chi connectivity index (χ1) is 11.8. The molecule has 3 rings (SSSR count). The maximum absolute atomic E-state index is 12.3. The van der Waals surface area contributed by atoms with Crippen LogP contribution in [0.1, 0.15) is 27.2 Å². The third-order valence-corrected chi connectivity index (χ3v) is 4.12. The highest BCUT2D eigenvalue weighted by Gasteiger charge is 2.16. The fourth-order valence-corrected chi connectivity index (χ4v) is 2.89. The van der Waals surface area contributed by atoms with E-state index in [0.29, 0.717) is 17.0 Å². The summed E-state index contributed by atoms with van der Waals surface area (Å²) < 4.78 is 5.33. The molecule has 1 amide bonds. The summed E-state index contributed by atoms with van der Waals surface area (Å²) in [4.78, 5) is 23.4.